The number of hydrogen-bond acceptors (Lipinski definition) is 7. The Morgan fingerprint density at radius 2 is 1.87 bits per heavy atom. The Bertz CT molecular complexity index is 1040. The van der Waals surface area contributed by atoms with Crippen LogP contribution in [0.2, 0.25) is 0 Å². The summed E-state index contributed by atoms with van der Waals surface area (Å²) in [5, 5.41) is 5.31. The molecule has 30 heavy (non-hydrogen) atoms. The molecule has 1 saturated heterocycles. The number of Topliss-reactive ketones (excluding diaryl/α,β-unsaturated/α-hetero) is 1. The number of carbonyl (C=O) groups excluding carboxylic acids is 3. The molecule has 0 saturated carbocycles. The zero-order chi connectivity index (χ0) is 21.1. The molecule has 2 heterocycles. The standard InChI is InChI=1S/C21H19N3O5S/c1-12(25)13-2-4-14(5-3-13)22-19(26)11-18-20(27)24-21(30-18)23-15-6-7-16-17(10-15)29-9-8-28-16/h2-7,10,18H,8-9,11H2,1H3,(H,22,26)(H,23,24,27)/t18-/m0/s1. The van der Waals surface area contributed by atoms with Crippen molar-refractivity contribution in [1.29, 1.82) is 0 Å². The molecule has 2 aliphatic rings. The first kappa shape index (κ1) is 20.0. The van der Waals surface area contributed by atoms with Crippen molar-refractivity contribution in [3.05, 3.63) is 48.0 Å². The molecular weight excluding hydrogens is 406 g/mol. The van der Waals surface area contributed by atoms with E-state index in [0.717, 1.165) is 0 Å². The maximum Gasteiger partial charge on any atom is 0.240 e. The number of rotatable bonds is 5. The smallest absolute Gasteiger partial charge is 0.240 e. The number of fused-ring (bicyclic) bond motifs is 1. The Balaban J connectivity index is 1.37. The summed E-state index contributed by atoms with van der Waals surface area (Å²) in [4.78, 5) is 40.3. The fourth-order valence-electron chi connectivity index (χ4n) is 2.98. The number of ether oxygens (including phenoxy) is 2. The summed E-state index contributed by atoms with van der Waals surface area (Å²) in [6.45, 7) is 2.47. The van der Waals surface area contributed by atoms with Crippen molar-refractivity contribution in [2.24, 2.45) is 4.99 Å². The maximum absolute atomic E-state index is 12.3. The summed E-state index contributed by atoms with van der Waals surface area (Å²) < 4.78 is 11.0. The molecular formula is C21H19N3O5S. The van der Waals surface area contributed by atoms with E-state index >= 15 is 0 Å². The van der Waals surface area contributed by atoms with Crippen molar-refractivity contribution in [2.75, 3.05) is 18.5 Å². The molecule has 4 rings (SSSR count). The Morgan fingerprint density at radius 1 is 1.13 bits per heavy atom. The van der Waals surface area contributed by atoms with Crippen molar-refractivity contribution in [3.63, 3.8) is 0 Å². The second-order valence-electron chi connectivity index (χ2n) is 6.73. The number of anilines is 1. The summed E-state index contributed by atoms with van der Waals surface area (Å²) in [6.07, 6.45) is 0.00508. The van der Waals surface area contributed by atoms with Crippen LogP contribution in [0.3, 0.4) is 0 Å². The van der Waals surface area contributed by atoms with Gasteiger partial charge in [0.05, 0.1) is 5.69 Å². The predicted octanol–water partition coefficient (Wildman–Crippen LogP) is 2.91. The van der Waals surface area contributed by atoms with Crippen LogP contribution in [0.5, 0.6) is 11.5 Å². The molecule has 2 aromatic carbocycles. The van der Waals surface area contributed by atoms with Gasteiger partial charge in [0.1, 0.15) is 18.5 Å². The van der Waals surface area contributed by atoms with E-state index in [0.29, 0.717) is 46.8 Å². The van der Waals surface area contributed by atoms with Crippen LogP contribution < -0.4 is 20.1 Å². The van der Waals surface area contributed by atoms with Gasteiger partial charge in [-0.05, 0) is 43.3 Å². The van der Waals surface area contributed by atoms with Crippen molar-refractivity contribution in [3.8, 4) is 11.5 Å². The molecule has 0 aliphatic carbocycles. The number of ketones is 1. The topological polar surface area (TPSA) is 106 Å². The highest BCUT2D eigenvalue weighted by atomic mass is 32.2. The van der Waals surface area contributed by atoms with Crippen LogP contribution in [0.4, 0.5) is 11.4 Å². The number of nitrogens with zero attached hydrogens (tertiary/aromatic N) is 1. The van der Waals surface area contributed by atoms with Gasteiger partial charge < -0.3 is 20.1 Å². The van der Waals surface area contributed by atoms with Gasteiger partial charge in [-0.2, -0.15) is 0 Å². The summed E-state index contributed by atoms with van der Waals surface area (Å²) >= 11 is 1.21. The van der Waals surface area contributed by atoms with Crippen LogP contribution in [-0.4, -0.2) is 41.2 Å². The van der Waals surface area contributed by atoms with Crippen molar-refractivity contribution in [1.82, 2.24) is 5.32 Å². The van der Waals surface area contributed by atoms with Gasteiger partial charge in [-0.25, -0.2) is 4.99 Å². The number of benzene rings is 2. The monoisotopic (exact) mass is 425 g/mol. The lowest BCUT2D eigenvalue weighted by molar-refractivity contribution is -0.122. The molecule has 1 fully saturated rings. The second kappa shape index (κ2) is 8.58. The fraction of sp³-hybridized carbons (Fsp3) is 0.238. The molecule has 1 atom stereocenters. The number of amidine groups is 1. The molecule has 154 valence electrons. The molecule has 0 radical (unpaired) electrons. The highest BCUT2D eigenvalue weighted by Gasteiger charge is 2.32. The van der Waals surface area contributed by atoms with Crippen LogP contribution in [-0.2, 0) is 9.59 Å². The minimum atomic E-state index is -0.572. The summed E-state index contributed by atoms with van der Waals surface area (Å²) in [5.41, 5.74) is 1.76. The first-order chi connectivity index (χ1) is 14.5. The van der Waals surface area contributed by atoms with E-state index in [4.69, 9.17) is 9.47 Å². The second-order valence-corrected chi connectivity index (χ2v) is 7.92. The lowest BCUT2D eigenvalue weighted by Gasteiger charge is -2.18. The maximum atomic E-state index is 12.3. The molecule has 2 aromatic rings. The van der Waals surface area contributed by atoms with Crippen LogP contribution in [0, 0.1) is 0 Å². The quantitative estimate of drug-likeness (QED) is 0.714. The Kier molecular flexibility index (Phi) is 5.71. The molecule has 2 aliphatic heterocycles. The zero-order valence-corrected chi connectivity index (χ0v) is 17.0. The van der Waals surface area contributed by atoms with E-state index in [1.165, 1.54) is 18.7 Å². The minimum absolute atomic E-state index is 0.00508. The third kappa shape index (κ3) is 4.62. The van der Waals surface area contributed by atoms with Crippen LogP contribution in [0.15, 0.2) is 47.5 Å². The number of carbonyl (C=O) groups is 3. The van der Waals surface area contributed by atoms with E-state index in [1.54, 1.807) is 42.5 Å². The molecule has 0 bridgehead atoms. The molecule has 2 amide bonds. The average Bonchev–Trinajstić information content (AvgIpc) is 3.06. The van der Waals surface area contributed by atoms with Crippen LogP contribution in [0.1, 0.15) is 23.7 Å². The number of aliphatic imine (C=N–C) groups is 1. The van der Waals surface area contributed by atoms with E-state index in [1.807, 2.05) is 0 Å². The minimum Gasteiger partial charge on any atom is -0.486 e. The summed E-state index contributed by atoms with van der Waals surface area (Å²) in [6, 6.07) is 11.9. The summed E-state index contributed by atoms with van der Waals surface area (Å²) in [7, 11) is 0. The van der Waals surface area contributed by atoms with E-state index < -0.39 is 5.25 Å². The van der Waals surface area contributed by atoms with Crippen molar-refractivity contribution >= 4 is 45.9 Å². The Labute approximate surface area is 177 Å². The highest BCUT2D eigenvalue weighted by Crippen LogP contribution is 2.34. The largest absolute Gasteiger partial charge is 0.486 e. The van der Waals surface area contributed by atoms with Gasteiger partial charge >= 0.3 is 0 Å². The summed E-state index contributed by atoms with van der Waals surface area (Å²) in [5.74, 6) is 0.678. The van der Waals surface area contributed by atoms with Gasteiger partial charge in [-0.3, -0.25) is 14.4 Å². The molecule has 2 N–H and O–H groups in total. The number of nitrogens with one attached hydrogen (secondary N) is 2. The van der Waals surface area contributed by atoms with Gasteiger partial charge in [0.2, 0.25) is 11.8 Å². The predicted molar refractivity (Wildman–Crippen MR) is 114 cm³/mol. The Hall–Kier alpha value is -3.33. The van der Waals surface area contributed by atoms with Gasteiger partial charge in [-0.15, -0.1) is 0 Å². The third-order valence-corrected chi connectivity index (χ3v) is 5.56. The first-order valence-electron chi connectivity index (χ1n) is 9.34. The molecule has 0 aromatic heterocycles. The number of thioether (sulfide) groups is 1. The van der Waals surface area contributed by atoms with Crippen LogP contribution in [0.25, 0.3) is 0 Å². The zero-order valence-electron chi connectivity index (χ0n) is 16.1. The van der Waals surface area contributed by atoms with E-state index in [-0.39, 0.29) is 24.0 Å². The highest BCUT2D eigenvalue weighted by molar-refractivity contribution is 8.15. The lowest BCUT2D eigenvalue weighted by atomic mass is 10.1. The van der Waals surface area contributed by atoms with Crippen molar-refractivity contribution in [2.45, 2.75) is 18.6 Å². The normalized spacial score (nSPS) is 18.8. The van der Waals surface area contributed by atoms with Crippen LogP contribution >= 0.6 is 11.8 Å². The Morgan fingerprint density at radius 3 is 2.60 bits per heavy atom. The number of hydrogen-bond donors (Lipinski definition) is 2. The molecule has 0 unspecified atom stereocenters. The number of amides is 2. The van der Waals surface area contributed by atoms with Gasteiger partial charge in [-0.1, -0.05) is 11.8 Å². The van der Waals surface area contributed by atoms with E-state index in [9.17, 15) is 14.4 Å². The lowest BCUT2D eigenvalue weighted by Crippen LogP contribution is -2.28. The van der Waals surface area contributed by atoms with Crippen molar-refractivity contribution < 1.29 is 23.9 Å². The SMILES string of the molecule is CC(=O)c1ccc(NC(=O)C[C@@H]2SC(=Nc3ccc4c(c3)OCCO4)NC2=O)cc1. The van der Waals surface area contributed by atoms with Gasteiger partial charge in [0.15, 0.2) is 22.4 Å². The van der Waals surface area contributed by atoms with Gasteiger partial charge in [0.25, 0.3) is 0 Å². The fourth-order valence-corrected chi connectivity index (χ4v) is 3.97. The molecule has 0 spiro atoms. The van der Waals surface area contributed by atoms with E-state index in [2.05, 4.69) is 15.6 Å². The first-order valence-corrected chi connectivity index (χ1v) is 10.2. The molecule has 9 heteroatoms. The molecule has 8 nitrogen and oxygen atoms in total. The third-order valence-electron chi connectivity index (χ3n) is 4.48. The average molecular weight is 425 g/mol. The van der Waals surface area contributed by atoms with Gasteiger partial charge in [0, 0.05) is 23.7 Å².